The van der Waals surface area contributed by atoms with Gasteiger partial charge in [-0.15, -0.1) is 0 Å². The minimum absolute atomic E-state index is 0.508. The Morgan fingerprint density at radius 2 is 1.87 bits per heavy atom. The molecule has 3 N–H and O–H groups in total. The Morgan fingerprint density at radius 1 is 1.10 bits per heavy atom. The van der Waals surface area contributed by atoms with Crippen LogP contribution in [0.5, 0.6) is 5.75 Å². The van der Waals surface area contributed by atoms with E-state index in [4.69, 9.17) is 15.5 Å². The molecule has 0 spiro atoms. The molecule has 1 heterocycles. The number of aliphatic imine (C=N–C) groups is 1. The molecule has 6 nitrogen and oxygen atoms in total. The normalized spacial score (nSPS) is 13.7. The van der Waals surface area contributed by atoms with Crippen LogP contribution in [0.25, 0.3) is 5.57 Å². The number of nitrogens with zero attached hydrogens (tertiary/aromatic N) is 3. The maximum absolute atomic E-state index is 6.49. The largest absolute Gasteiger partial charge is 0.495 e. The molecule has 1 aliphatic rings. The number of anilines is 2. The van der Waals surface area contributed by atoms with E-state index in [-0.39, 0.29) is 0 Å². The molecule has 31 heavy (non-hydrogen) atoms. The molecule has 0 amide bonds. The van der Waals surface area contributed by atoms with Crippen molar-refractivity contribution in [1.29, 1.82) is 0 Å². The molecule has 6 heteroatoms. The van der Waals surface area contributed by atoms with Crippen LogP contribution in [0, 0.1) is 0 Å². The van der Waals surface area contributed by atoms with Gasteiger partial charge in [-0.05, 0) is 48.9 Å². The molecule has 158 valence electrons. The monoisotopic (exact) mass is 413 g/mol. The first-order chi connectivity index (χ1) is 15.2. The van der Waals surface area contributed by atoms with Gasteiger partial charge in [0.2, 0.25) is 5.95 Å². The van der Waals surface area contributed by atoms with E-state index < -0.39 is 0 Å². The van der Waals surface area contributed by atoms with Gasteiger partial charge in [0.1, 0.15) is 5.75 Å². The number of rotatable bonds is 7. The summed E-state index contributed by atoms with van der Waals surface area (Å²) in [6.07, 6.45) is 5.20. The highest BCUT2D eigenvalue weighted by Gasteiger charge is 2.24. The van der Waals surface area contributed by atoms with Crippen molar-refractivity contribution < 1.29 is 4.74 Å². The van der Waals surface area contributed by atoms with Crippen LogP contribution < -0.4 is 15.8 Å². The van der Waals surface area contributed by atoms with Crippen LogP contribution in [0.2, 0.25) is 0 Å². The van der Waals surface area contributed by atoms with Gasteiger partial charge in [-0.2, -0.15) is 0 Å². The zero-order valence-electron chi connectivity index (χ0n) is 17.9. The summed E-state index contributed by atoms with van der Waals surface area (Å²) in [5.41, 5.74) is 13.3. The Hall–Kier alpha value is -3.67. The molecule has 1 aliphatic carbocycles. The van der Waals surface area contributed by atoms with Gasteiger partial charge in [0.05, 0.1) is 18.5 Å². The van der Waals surface area contributed by atoms with E-state index in [0.717, 1.165) is 65.4 Å². The second-order valence-corrected chi connectivity index (χ2v) is 7.45. The van der Waals surface area contributed by atoms with Gasteiger partial charge >= 0.3 is 0 Å². The van der Waals surface area contributed by atoms with Gasteiger partial charge in [0.25, 0.3) is 0 Å². The predicted molar refractivity (Wildman–Crippen MR) is 126 cm³/mol. The first kappa shape index (κ1) is 20.6. The van der Waals surface area contributed by atoms with Crippen LogP contribution >= 0.6 is 0 Å². The summed E-state index contributed by atoms with van der Waals surface area (Å²) in [4.78, 5) is 14.0. The fourth-order valence-corrected chi connectivity index (χ4v) is 3.86. The number of hydrogen-bond acceptors (Lipinski definition) is 6. The Labute approximate surface area is 182 Å². The molecule has 3 aromatic rings. The number of para-hydroxylation sites is 2. The fraction of sp³-hybridized carbons (Fsp3) is 0.240. The molecule has 0 bridgehead atoms. The summed E-state index contributed by atoms with van der Waals surface area (Å²) in [6, 6.07) is 18.1. The third-order valence-corrected chi connectivity index (χ3v) is 5.49. The number of fused-ring (bicyclic) bond motifs is 1. The third-order valence-electron chi connectivity index (χ3n) is 5.49. The lowest BCUT2D eigenvalue weighted by Crippen LogP contribution is -2.19. The summed E-state index contributed by atoms with van der Waals surface area (Å²) in [6.45, 7) is 0. The molecular weight excluding hydrogens is 386 g/mol. The summed E-state index contributed by atoms with van der Waals surface area (Å²) in [5, 5.41) is 3.27. The average Bonchev–Trinajstić information content (AvgIpc) is 2.81. The smallest absolute Gasteiger partial charge is 0.227 e. The molecule has 0 atom stereocenters. The molecule has 4 rings (SSSR count). The van der Waals surface area contributed by atoms with Gasteiger partial charge in [-0.3, -0.25) is 4.99 Å². The minimum Gasteiger partial charge on any atom is -0.495 e. The van der Waals surface area contributed by atoms with E-state index in [2.05, 4.69) is 39.6 Å². The van der Waals surface area contributed by atoms with E-state index in [9.17, 15) is 0 Å². The second kappa shape index (κ2) is 9.43. The number of ether oxygens (including phenoxy) is 1. The van der Waals surface area contributed by atoms with Crippen molar-refractivity contribution in [2.45, 2.75) is 25.7 Å². The van der Waals surface area contributed by atoms with Gasteiger partial charge in [-0.25, -0.2) is 9.97 Å². The molecular formula is C25H27N5O. The summed E-state index contributed by atoms with van der Waals surface area (Å²) < 4.78 is 5.43. The number of allylic oxidation sites excluding steroid dienone is 2. The van der Waals surface area contributed by atoms with Crippen LogP contribution in [-0.4, -0.2) is 29.8 Å². The van der Waals surface area contributed by atoms with Crippen LogP contribution in [0.3, 0.4) is 0 Å². The Kier molecular flexibility index (Phi) is 6.26. The molecule has 0 fully saturated rings. The minimum atomic E-state index is 0.508. The van der Waals surface area contributed by atoms with Gasteiger partial charge in [0.15, 0.2) is 0 Å². The van der Waals surface area contributed by atoms with Crippen molar-refractivity contribution in [2.24, 2.45) is 10.7 Å². The summed E-state index contributed by atoms with van der Waals surface area (Å²) in [7, 11) is 3.47. The quantitative estimate of drug-likeness (QED) is 0.555. The van der Waals surface area contributed by atoms with Crippen molar-refractivity contribution in [3.63, 3.8) is 0 Å². The molecule has 0 unspecified atom stereocenters. The molecule has 0 saturated carbocycles. The summed E-state index contributed by atoms with van der Waals surface area (Å²) in [5.74, 6) is 1.24. The maximum atomic E-state index is 6.49. The van der Waals surface area contributed by atoms with Gasteiger partial charge < -0.3 is 15.8 Å². The molecule has 0 radical (unpaired) electrons. The Balaban J connectivity index is 1.63. The number of nitrogens with one attached hydrogen (secondary N) is 1. The molecule has 0 saturated heterocycles. The lowest BCUT2D eigenvalue weighted by molar-refractivity contribution is 0.417. The third kappa shape index (κ3) is 4.58. The number of hydrogen-bond donors (Lipinski definition) is 2. The van der Waals surface area contributed by atoms with Crippen LogP contribution in [0.4, 0.5) is 11.6 Å². The summed E-state index contributed by atoms with van der Waals surface area (Å²) >= 11 is 0. The van der Waals surface area contributed by atoms with E-state index in [0.29, 0.717) is 5.95 Å². The van der Waals surface area contributed by atoms with Crippen molar-refractivity contribution in [3.8, 4) is 5.75 Å². The fourth-order valence-electron chi connectivity index (χ4n) is 3.86. The lowest BCUT2D eigenvalue weighted by atomic mass is 9.89. The highest BCUT2D eigenvalue weighted by Crippen LogP contribution is 2.32. The van der Waals surface area contributed by atoms with Crippen molar-refractivity contribution in [3.05, 3.63) is 83.3 Å². The Bertz CT molecular complexity index is 1120. The average molecular weight is 414 g/mol. The van der Waals surface area contributed by atoms with Crippen molar-refractivity contribution in [2.75, 3.05) is 19.5 Å². The first-order valence-electron chi connectivity index (χ1n) is 10.4. The topological polar surface area (TPSA) is 85.4 Å². The van der Waals surface area contributed by atoms with E-state index in [1.165, 1.54) is 5.56 Å². The zero-order chi connectivity index (χ0) is 21.6. The first-order valence-corrected chi connectivity index (χ1v) is 10.4. The van der Waals surface area contributed by atoms with Crippen molar-refractivity contribution in [1.82, 2.24) is 9.97 Å². The van der Waals surface area contributed by atoms with Crippen LogP contribution in [0.1, 0.15) is 29.7 Å². The standard InChI is InChI=1S/C25H27N5O/c1-27-21(15-12-17-8-4-3-5-9-17)23-19(26)14-13-18-16-28-25(30-24(18)23)29-20-10-6-7-11-22(20)31-2/h3-11,16H,12-15,26H2,1-2H3,(H,28,29,30). The highest BCUT2D eigenvalue weighted by molar-refractivity contribution is 6.24. The second-order valence-electron chi connectivity index (χ2n) is 7.45. The number of methoxy groups -OCH3 is 1. The number of nitrogens with two attached hydrogens (primary N) is 1. The maximum Gasteiger partial charge on any atom is 0.227 e. The van der Waals surface area contributed by atoms with E-state index in [1.807, 2.05) is 43.6 Å². The van der Waals surface area contributed by atoms with Gasteiger partial charge in [0, 0.05) is 30.2 Å². The molecule has 1 aromatic heterocycles. The predicted octanol–water partition coefficient (Wildman–Crippen LogP) is 4.55. The van der Waals surface area contributed by atoms with Crippen LogP contribution in [0.15, 0.2) is 71.5 Å². The Morgan fingerprint density at radius 3 is 2.65 bits per heavy atom. The molecule has 0 aliphatic heterocycles. The van der Waals surface area contributed by atoms with E-state index >= 15 is 0 Å². The lowest BCUT2D eigenvalue weighted by Gasteiger charge is -2.22. The van der Waals surface area contributed by atoms with Gasteiger partial charge in [-0.1, -0.05) is 42.5 Å². The van der Waals surface area contributed by atoms with Crippen molar-refractivity contribution >= 4 is 22.9 Å². The van der Waals surface area contributed by atoms with Crippen LogP contribution in [-0.2, 0) is 12.8 Å². The number of aromatic nitrogens is 2. The SMILES string of the molecule is CN=C(CCc1ccccc1)C1=C(N)CCc2cnc(Nc3ccccc3OC)nc21. The number of aryl methyl sites for hydroxylation is 2. The number of benzene rings is 2. The molecule has 2 aromatic carbocycles. The van der Waals surface area contributed by atoms with E-state index in [1.54, 1.807) is 7.11 Å². The highest BCUT2D eigenvalue weighted by atomic mass is 16.5. The zero-order valence-corrected chi connectivity index (χ0v) is 17.9.